The molecule has 0 aromatic heterocycles. The molecule has 1 unspecified atom stereocenters. The van der Waals surface area contributed by atoms with Gasteiger partial charge in [-0.2, -0.15) is 0 Å². The first kappa shape index (κ1) is 24.9. The molecular weight excluding hydrogens is 498 g/mol. The molecule has 0 fully saturated rings. The number of hydrogen-bond donors (Lipinski definition) is 0. The summed E-state index contributed by atoms with van der Waals surface area (Å²) in [7, 11) is -3.87. The number of aryl methyl sites for hydroxylation is 1. The first-order valence-corrected chi connectivity index (χ1v) is 14.6. The molecule has 4 heteroatoms. The summed E-state index contributed by atoms with van der Waals surface area (Å²) in [4.78, 5) is 0.287. The van der Waals surface area contributed by atoms with Gasteiger partial charge in [-0.15, -0.1) is 0 Å². The molecule has 5 aromatic carbocycles. The van der Waals surface area contributed by atoms with Crippen LogP contribution in [0.5, 0.6) is 0 Å². The third-order valence-corrected chi connectivity index (χ3v) is 9.11. The summed E-state index contributed by atoms with van der Waals surface area (Å²) < 4.78 is 30.4. The van der Waals surface area contributed by atoms with Crippen molar-refractivity contribution >= 4 is 32.1 Å². The van der Waals surface area contributed by atoms with E-state index >= 15 is 0 Å². The van der Waals surface area contributed by atoms with Gasteiger partial charge in [0.05, 0.1) is 10.6 Å². The summed E-state index contributed by atoms with van der Waals surface area (Å²) in [5.74, 6) is -0.177. The number of benzene rings is 5. The molecule has 1 aliphatic rings. The van der Waals surface area contributed by atoms with Gasteiger partial charge in [0.15, 0.2) is 0 Å². The van der Waals surface area contributed by atoms with Gasteiger partial charge in [-0.1, -0.05) is 127 Å². The third-order valence-electron chi connectivity index (χ3n) is 7.31. The maximum atomic E-state index is 14.4. The summed E-state index contributed by atoms with van der Waals surface area (Å²) in [6.45, 7) is 2.24. The SMILES string of the molecule is Cc1ccc(S(=O)(=O)N2CC(c3cccc4ccccc34)C=C(c3ccccc3)C=C2c2ccccc2)cc1. The second-order valence-electron chi connectivity index (χ2n) is 9.91. The summed E-state index contributed by atoms with van der Waals surface area (Å²) in [5, 5.41) is 2.27. The van der Waals surface area contributed by atoms with Crippen molar-refractivity contribution < 1.29 is 8.42 Å². The number of fused-ring (bicyclic) bond motifs is 1. The quantitative estimate of drug-likeness (QED) is 0.232. The number of nitrogens with zero attached hydrogens (tertiary/aromatic N) is 1. The fourth-order valence-corrected chi connectivity index (χ4v) is 6.80. The molecule has 1 atom stereocenters. The molecule has 5 aromatic rings. The van der Waals surface area contributed by atoms with Crippen LogP contribution in [0, 0.1) is 6.92 Å². The van der Waals surface area contributed by atoms with Gasteiger partial charge in [0.25, 0.3) is 10.0 Å². The van der Waals surface area contributed by atoms with E-state index in [1.54, 1.807) is 16.4 Å². The Morgan fingerprint density at radius 3 is 2.00 bits per heavy atom. The summed E-state index contributed by atoms with van der Waals surface area (Å²) in [6, 6.07) is 41.7. The smallest absolute Gasteiger partial charge is 0.264 e. The van der Waals surface area contributed by atoms with E-state index in [1.165, 1.54) is 0 Å². The molecule has 0 aliphatic carbocycles. The molecule has 0 amide bonds. The zero-order valence-corrected chi connectivity index (χ0v) is 22.6. The molecule has 0 N–H and O–H groups in total. The van der Waals surface area contributed by atoms with E-state index < -0.39 is 10.0 Å². The average molecular weight is 528 g/mol. The molecule has 0 saturated heterocycles. The number of rotatable bonds is 5. The third kappa shape index (κ3) is 4.91. The Morgan fingerprint density at radius 2 is 1.28 bits per heavy atom. The Hall–Kier alpha value is -4.41. The minimum Gasteiger partial charge on any atom is -0.265 e. The molecule has 1 aliphatic heterocycles. The molecule has 1 heterocycles. The highest BCUT2D eigenvalue weighted by atomic mass is 32.2. The normalized spacial score (nSPS) is 15.9. The fraction of sp³-hybridized carbons (Fsp3) is 0.0857. The summed E-state index contributed by atoms with van der Waals surface area (Å²) in [6.07, 6.45) is 4.26. The Morgan fingerprint density at radius 1 is 0.667 bits per heavy atom. The molecule has 0 bridgehead atoms. The van der Waals surface area contributed by atoms with E-state index in [-0.39, 0.29) is 17.4 Å². The van der Waals surface area contributed by atoms with Gasteiger partial charge in [-0.25, -0.2) is 8.42 Å². The lowest BCUT2D eigenvalue weighted by Gasteiger charge is -2.29. The lowest BCUT2D eigenvalue weighted by molar-refractivity contribution is 0.500. The van der Waals surface area contributed by atoms with Crippen molar-refractivity contribution in [2.75, 3.05) is 6.54 Å². The zero-order chi connectivity index (χ0) is 26.8. The Kier molecular flexibility index (Phi) is 6.64. The van der Waals surface area contributed by atoms with Gasteiger partial charge in [-0.3, -0.25) is 4.31 Å². The lowest BCUT2D eigenvalue weighted by atomic mass is 9.90. The van der Waals surface area contributed by atoms with Crippen molar-refractivity contribution in [1.29, 1.82) is 0 Å². The van der Waals surface area contributed by atoms with E-state index in [0.717, 1.165) is 38.6 Å². The number of allylic oxidation sites excluding steroid dienone is 2. The summed E-state index contributed by atoms with van der Waals surface area (Å²) in [5.41, 5.74) is 5.68. The molecule has 0 spiro atoms. The highest BCUT2D eigenvalue weighted by Gasteiger charge is 2.32. The van der Waals surface area contributed by atoms with Crippen molar-refractivity contribution in [3.05, 3.63) is 162 Å². The van der Waals surface area contributed by atoms with Crippen molar-refractivity contribution in [2.24, 2.45) is 0 Å². The van der Waals surface area contributed by atoms with E-state index in [0.29, 0.717) is 5.70 Å². The van der Waals surface area contributed by atoms with Crippen LogP contribution in [0.25, 0.3) is 22.0 Å². The van der Waals surface area contributed by atoms with Crippen LogP contribution in [-0.4, -0.2) is 19.3 Å². The predicted molar refractivity (Wildman–Crippen MR) is 161 cm³/mol. The maximum Gasteiger partial charge on any atom is 0.264 e. The van der Waals surface area contributed by atoms with Gasteiger partial charge >= 0.3 is 0 Å². The Balaban J connectivity index is 1.60. The van der Waals surface area contributed by atoms with Crippen LogP contribution < -0.4 is 0 Å². The second-order valence-corrected chi connectivity index (χ2v) is 11.8. The van der Waals surface area contributed by atoms with Crippen LogP contribution >= 0.6 is 0 Å². The predicted octanol–water partition coefficient (Wildman–Crippen LogP) is 8.06. The van der Waals surface area contributed by atoms with Crippen molar-refractivity contribution in [1.82, 2.24) is 4.31 Å². The first-order chi connectivity index (χ1) is 19.0. The molecule has 39 heavy (non-hydrogen) atoms. The number of sulfonamides is 1. The van der Waals surface area contributed by atoms with Crippen molar-refractivity contribution in [2.45, 2.75) is 17.7 Å². The molecular formula is C35H29NO2S. The largest absolute Gasteiger partial charge is 0.265 e. The van der Waals surface area contributed by atoms with E-state index in [1.807, 2.05) is 85.8 Å². The molecule has 3 nitrogen and oxygen atoms in total. The van der Waals surface area contributed by atoms with Crippen LogP contribution in [-0.2, 0) is 10.0 Å². The van der Waals surface area contributed by atoms with Crippen LogP contribution in [0.3, 0.4) is 0 Å². The van der Waals surface area contributed by atoms with E-state index in [9.17, 15) is 8.42 Å². The Labute approximate surface area is 230 Å². The molecule has 0 radical (unpaired) electrons. The van der Waals surface area contributed by atoms with Gasteiger partial charge in [0.1, 0.15) is 0 Å². The highest BCUT2D eigenvalue weighted by molar-refractivity contribution is 7.89. The van der Waals surface area contributed by atoms with Crippen LogP contribution in [0.15, 0.2) is 144 Å². The minimum absolute atomic E-state index is 0.177. The maximum absolute atomic E-state index is 14.4. The lowest BCUT2D eigenvalue weighted by Crippen LogP contribution is -2.32. The van der Waals surface area contributed by atoms with Crippen LogP contribution in [0.4, 0.5) is 0 Å². The molecule has 192 valence electrons. The highest BCUT2D eigenvalue weighted by Crippen LogP contribution is 2.39. The van der Waals surface area contributed by atoms with Gasteiger partial charge < -0.3 is 0 Å². The first-order valence-electron chi connectivity index (χ1n) is 13.1. The van der Waals surface area contributed by atoms with Crippen LogP contribution in [0.2, 0.25) is 0 Å². The van der Waals surface area contributed by atoms with E-state index in [2.05, 4.69) is 48.5 Å². The second kappa shape index (κ2) is 10.4. The van der Waals surface area contributed by atoms with Gasteiger partial charge in [-0.05, 0) is 58.2 Å². The van der Waals surface area contributed by atoms with Crippen molar-refractivity contribution in [3.8, 4) is 0 Å². The monoisotopic (exact) mass is 527 g/mol. The minimum atomic E-state index is -3.87. The summed E-state index contributed by atoms with van der Waals surface area (Å²) >= 11 is 0. The van der Waals surface area contributed by atoms with E-state index in [4.69, 9.17) is 0 Å². The molecule has 0 saturated carbocycles. The standard InChI is InChI=1S/C35H29NO2S/c1-26-19-21-32(22-20-26)39(37,38)36-25-31(34-18-10-16-28-13-8-9-17-33(28)34)23-30(27-11-4-2-5-12-27)24-35(36)29-14-6-3-7-15-29/h2-24,31H,25H2,1H3. The zero-order valence-electron chi connectivity index (χ0n) is 21.7. The van der Waals surface area contributed by atoms with Gasteiger partial charge in [0.2, 0.25) is 0 Å². The average Bonchev–Trinajstić information content (AvgIpc) is 3.19. The molecule has 6 rings (SSSR count). The Bertz CT molecular complexity index is 1780. The number of hydrogen-bond acceptors (Lipinski definition) is 2. The van der Waals surface area contributed by atoms with Gasteiger partial charge in [0, 0.05) is 12.5 Å². The van der Waals surface area contributed by atoms with Crippen molar-refractivity contribution in [3.63, 3.8) is 0 Å². The fourth-order valence-electron chi connectivity index (χ4n) is 5.29. The topological polar surface area (TPSA) is 37.4 Å². The van der Waals surface area contributed by atoms with Crippen LogP contribution in [0.1, 0.15) is 28.2 Å².